The van der Waals surface area contributed by atoms with Crippen molar-refractivity contribution in [2.75, 3.05) is 13.7 Å². The molecule has 0 unspecified atom stereocenters. The summed E-state index contributed by atoms with van der Waals surface area (Å²) in [7, 11) is -2.13. The van der Waals surface area contributed by atoms with Gasteiger partial charge in [-0.3, -0.25) is 4.98 Å². The topological polar surface area (TPSA) is 99.6 Å². The molecule has 0 bridgehead atoms. The summed E-state index contributed by atoms with van der Waals surface area (Å²) in [5, 5.41) is 0. The molecule has 0 aliphatic heterocycles. The van der Waals surface area contributed by atoms with Gasteiger partial charge in [0.15, 0.2) is 0 Å². The Hall–Kier alpha value is -2.39. The number of aromatic nitrogens is 2. The molecule has 3 rings (SSSR count). The number of hydrogen-bond acceptors (Lipinski definition) is 7. The van der Waals surface area contributed by atoms with Gasteiger partial charge in [0.1, 0.15) is 16.7 Å². The molecule has 9 heteroatoms. The summed E-state index contributed by atoms with van der Waals surface area (Å²) in [6, 6.07) is 6.53. The minimum atomic E-state index is -3.65. The molecule has 0 saturated heterocycles. The Bertz CT molecular complexity index is 883. The van der Waals surface area contributed by atoms with Crippen molar-refractivity contribution in [3.8, 4) is 17.5 Å². The predicted octanol–water partition coefficient (Wildman–Crippen LogP) is 2.55. The zero-order chi connectivity index (χ0) is 20.0. The lowest BCUT2D eigenvalue weighted by Gasteiger charge is -2.29. The van der Waals surface area contributed by atoms with Crippen LogP contribution in [-0.2, 0) is 10.0 Å². The maximum atomic E-state index is 12.8. The number of sulfonamides is 1. The molecule has 1 saturated carbocycles. The van der Waals surface area contributed by atoms with Crippen LogP contribution in [0.1, 0.15) is 32.6 Å². The maximum Gasteiger partial charge on any atom is 0.244 e. The minimum Gasteiger partial charge on any atom is -0.492 e. The molecule has 2 aromatic rings. The zero-order valence-electron chi connectivity index (χ0n) is 16.0. The Morgan fingerprint density at radius 1 is 1.11 bits per heavy atom. The van der Waals surface area contributed by atoms with Crippen LogP contribution in [0, 0.1) is 0 Å². The molecule has 0 spiro atoms. The summed E-state index contributed by atoms with van der Waals surface area (Å²) in [6.07, 6.45) is 5.83. The summed E-state index contributed by atoms with van der Waals surface area (Å²) in [6.45, 7) is 2.23. The predicted molar refractivity (Wildman–Crippen MR) is 103 cm³/mol. The van der Waals surface area contributed by atoms with Crippen LogP contribution in [0.5, 0.6) is 17.5 Å². The number of benzene rings is 1. The van der Waals surface area contributed by atoms with E-state index in [9.17, 15) is 8.42 Å². The highest BCUT2D eigenvalue weighted by atomic mass is 32.2. The molecule has 8 nitrogen and oxygen atoms in total. The summed E-state index contributed by atoms with van der Waals surface area (Å²) < 4.78 is 44.7. The van der Waals surface area contributed by atoms with E-state index in [1.165, 1.54) is 13.3 Å². The van der Waals surface area contributed by atoms with Crippen LogP contribution in [0.4, 0.5) is 0 Å². The van der Waals surface area contributed by atoms with Gasteiger partial charge in [0.25, 0.3) is 0 Å². The first kappa shape index (κ1) is 20.3. The molecule has 0 amide bonds. The zero-order valence-corrected chi connectivity index (χ0v) is 16.8. The second-order valence-corrected chi connectivity index (χ2v) is 8.17. The van der Waals surface area contributed by atoms with E-state index >= 15 is 0 Å². The lowest BCUT2D eigenvalue weighted by Crippen LogP contribution is -2.39. The Kier molecular flexibility index (Phi) is 6.69. The normalized spacial score (nSPS) is 19.8. The number of rotatable bonds is 8. The van der Waals surface area contributed by atoms with Crippen molar-refractivity contribution >= 4 is 10.0 Å². The second-order valence-electron chi connectivity index (χ2n) is 6.49. The average Bonchev–Trinajstić information content (AvgIpc) is 2.70. The van der Waals surface area contributed by atoms with Crippen molar-refractivity contribution in [3.63, 3.8) is 0 Å². The van der Waals surface area contributed by atoms with Gasteiger partial charge >= 0.3 is 0 Å². The second kappa shape index (κ2) is 9.20. The summed E-state index contributed by atoms with van der Waals surface area (Å²) in [5.41, 5.74) is 0. The molecule has 28 heavy (non-hydrogen) atoms. The van der Waals surface area contributed by atoms with Crippen molar-refractivity contribution < 1.29 is 22.6 Å². The van der Waals surface area contributed by atoms with E-state index in [1.807, 2.05) is 6.92 Å². The Morgan fingerprint density at radius 2 is 1.82 bits per heavy atom. The lowest BCUT2D eigenvalue weighted by molar-refractivity contribution is 0.136. The number of nitrogens with one attached hydrogen (secondary N) is 1. The highest BCUT2D eigenvalue weighted by Crippen LogP contribution is 2.27. The number of para-hydroxylation sites is 1. The van der Waals surface area contributed by atoms with Crippen LogP contribution in [0.3, 0.4) is 0 Å². The van der Waals surface area contributed by atoms with E-state index in [1.54, 1.807) is 30.5 Å². The number of nitrogens with zero attached hydrogens (tertiary/aromatic N) is 2. The summed E-state index contributed by atoms with van der Waals surface area (Å²) in [5.74, 6) is 1.17. The first-order valence-electron chi connectivity index (χ1n) is 9.28. The van der Waals surface area contributed by atoms with Gasteiger partial charge in [-0.1, -0.05) is 12.1 Å². The van der Waals surface area contributed by atoms with Crippen molar-refractivity contribution in [1.29, 1.82) is 0 Å². The van der Waals surface area contributed by atoms with Crippen LogP contribution >= 0.6 is 0 Å². The third-order valence-corrected chi connectivity index (χ3v) is 6.08. The lowest BCUT2D eigenvalue weighted by atomic mass is 9.94. The van der Waals surface area contributed by atoms with E-state index in [-0.39, 0.29) is 17.0 Å². The van der Waals surface area contributed by atoms with Crippen molar-refractivity contribution in [2.24, 2.45) is 0 Å². The third-order valence-electron chi connectivity index (χ3n) is 4.52. The van der Waals surface area contributed by atoms with Crippen LogP contribution in [0.25, 0.3) is 0 Å². The standard InChI is InChI=1S/C19H25N3O5S/c1-3-26-16-6-4-5-7-17(16)28(23,24)22-14-8-10-15(11-9-14)27-19-13-20-12-18(21-19)25-2/h4-7,12-15,22H,3,8-11H2,1-2H3. The average molecular weight is 407 g/mol. The monoisotopic (exact) mass is 407 g/mol. The molecule has 1 aliphatic carbocycles. The Labute approximate surface area is 165 Å². The van der Waals surface area contributed by atoms with Crippen LogP contribution < -0.4 is 18.9 Å². The van der Waals surface area contributed by atoms with E-state index in [0.717, 1.165) is 12.8 Å². The molecular weight excluding hydrogens is 382 g/mol. The summed E-state index contributed by atoms with van der Waals surface area (Å²) in [4.78, 5) is 8.39. The minimum absolute atomic E-state index is 0.0297. The SMILES string of the molecule is CCOc1ccccc1S(=O)(=O)NC1CCC(Oc2cncc(OC)n2)CC1. The number of methoxy groups -OCH3 is 1. The van der Waals surface area contributed by atoms with Gasteiger partial charge in [-0.05, 0) is 44.7 Å². The molecule has 1 aliphatic rings. The highest BCUT2D eigenvalue weighted by molar-refractivity contribution is 7.89. The van der Waals surface area contributed by atoms with Crippen LogP contribution in [0.2, 0.25) is 0 Å². The molecule has 1 aromatic heterocycles. The van der Waals surface area contributed by atoms with Gasteiger partial charge in [0.2, 0.25) is 21.8 Å². The van der Waals surface area contributed by atoms with E-state index < -0.39 is 10.0 Å². The van der Waals surface area contributed by atoms with E-state index in [4.69, 9.17) is 14.2 Å². The number of hydrogen-bond donors (Lipinski definition) is 1. The quantitative estimate of drug-likeness (QED) is 0.718. The van der Waals surface area contributed by atoms with Gasteiger partial charge in [-0.15, -0.1) is 0 Å². The first-order valence-corrected chi connectivity index (χ1v) is 10.8. The van der Waals surface area contributed by atoms with Gasteiger partial charge in [0, 0.05) is 6.04 Å². The fourth-order valence-corrected chi connectivity index (χ4v) is 4.64. The molecule has 1 aromatic carbocycles. The van der Waals surface area contributed by atoms with Crippen molar-refractivity contribution in [2.45, 2.75) is 49.6 Å². The fourth-order valence-electron chi connectivity index (χ4n) is 3.19. The molecule has 1 N–H and O–H groups in total. The molecule has 0 radical (unpaired) electrons. The highest BCUT2D eigenvalue weighted by Gasteiger charge is 2.28. The smallest absolute Gasteiger partial charge is 0.244 e. The molecule has 0 atom stereocenters. The van der Waals surface area contributed by atoms with Gasteiger partial charge in [0.05, 0.1) is 26.1 Å². The first-order chi connectivity index (χ1) is 13.5. The Balaban J connectivity index is 1.58. The molecule has 1 fully saturated rings. The van der Waals surface area contributed by atoms with Gasteiger partial charge in [-0.25, -0.2) is 13.1 Å². The fraction of sp³-hybridized carbons (Fsp3) is 0.474. The van der Waals surface area contributed by atoms with Gasteiger partial charge in [-0.2, -0.15) is 4.98 Å². The molecule has 152 valence electrons. The van der Waals surface area contributed by atoms with Crippen LogP contribution in [0.15, 0.2) is 41.6 Å². The van der Waals surface area contributed by atoms with Crippen molar-refractivity contribution in [1.82, 2.24) is 14.7 Å². The van der Waals surface area contributed by atoms with Crippen molar-refractivity contribution in [3.05, 3.63) is 36.7 Å². The van der Waals surface area contributed by atoms with E-state index in [2.05, 4.69) is 14.7 Å². The van der Waals surface area contributed by atoms with E-state index in [0.29, 0.717) is 37.0 Å². The van der Waals surface area contributed by atoms with Crippen LogP contribution in [-0.4, -0.2) is 44.2 Å². The third kappa shape index (κ3) is 5.11. The Morgan fingerprint density at radius 3 is 2.54 bits per heavy atom. The number of ether oxygens (including phenoxy) is 3. The largest absolute Gasteiger partial charge is 0.492 e. The molecular formula is C19H25N3O5S. The molecule has 1 heterocycles. The maximum absolute atomic E-state index is 12.8. The van der Waals surface area contributed by atoms with Gasteiger partial charge < -0.3 is 14.2 Å². The summed E-state index contributed by atoms with van der Waals surface area (Å²) >= 11 is 0.